The van der Waals surface area contributed by atoms with Crippen LogP contribution >= 0.6 is 0 Å². The molecule has 30 heavy (non-hydrogen) atoms. The molecule has 0 saturated carbocycles. The summed E-state index contributed by atoms with van der Waals surface area (Å²) in [5, 5.41) is 3.48. The van der Waals surface area contributed by atoms with Crippen molar-refractivity contribution in [1.29, 1.82) is 0 Å². The van der Waals surface area contributed by atoms with Crippen LogP contribution in [0.4, 0.5) is 0 Å². The number of guanidine groups is 1. The van der Waals surface area contributed by atoms with Crippen molar-refractivity contribution in [2.75, 3.05) is 58.9 Å². The molecule has 0 atom stereocenters. The van der Waals surface area contributed by atoms with Crippen molar-refractivity contribution < 1.29 is 9.21 Å². The lowest BCUT2D eigenvalue weighted by Gasteiger charge is -2.37. The van der Waals surface area contributed by atoms with Crippen molar-refractivity contribution in [3.8, 4) is 0 Å². The van der Waals surface area contributed by atoms with Crippen LogP contribution in [0, 0.1) is 0 Å². The van der Waals surface area contributed by atoms with E-state index in [9.17, 15) is 4.79 Å². The minimum absolute atomic E-state index is 0.290. The SMILES string of the molecule is C=C(C)CN=C(NCCc1ccco1)N1CCN(CC(=O)N2CCCCCC2)CC1. The molecule has 7 nitrogen and oxygen atoms in total. The van der Waals surface area contributed by atoms with Crippen LogP contribution in [0.3, 0.4) is 0 Å². The number of furan rings is 1. The normalized spacial score (nSPS) is 18.9. The van der Waals surface area contributed by atoms with E-state index in [1.165, 1.54) is 12.8 Å². The van der Waals surface area contributed by atoms with Crippen LogP contribution in [0.5, 0.6) is 0 Å². The van der Waals surface area contributed by atoms with E-state index in [0.717, 1.165) is 82.4 Å². The van der Waals surface area contributed by atoms with Gasteiger partial charge in [0, 0.05) is 52.2 Å². The number of nitrogens with one attached hydrogen (secondary N) is 1. The lowest BCUT2D eigenvalue weighted by Crippen LogP contribution is -2.54. The molecule has 2 aliphatic rings. The molecule has 1 aromatic heterocycles. The smallest absolute Gasteiger partial charge is 0.236 e. The van der Waals surface area contributed by atoms with E-state index in [2.05, 4.69) is 26.6 Å². The third-order valence-electron chi connectivity index (χ3n) is 5.72. The Morgan fingerprint density at radius 2 is 1.83 bits per heavy atom. The Bertz CT molecular complexity index is 684. The molecule has 3 rings (SSSR count). The van der Waals surface area contributed by atoms with Gasteiger partial charge in [-0.25, -0.2) is 4.99 Å². The molecule has 1 N–H and O–H groups in total. The van der Waals surface area contributed by atoms with Crippen LogP contribution in [-0.4, -0.2) is 85.5 Å². The Balaban J connectivity index is 1.47. The van der Waals surface area contributed by atoms with Crippen LogP contribution in [0.25, 0.3) is 0 Å². The number of aliphatic imine (C=N–C) groups is 1. The predicted molar refractivity (Wildman–Crippen MR) is 121 cm³/mol. The Morgan fingerprint density at radius 3 is 2.47 bits per heavy atom. The highest BCUT2D eigenvalue weighted by Crippen LogP contribution is 2.11. The van der Waals surface area contributed by atoms with Gasteiger partial charge in [0.2, 0.25) is 5.91 Å². The molecule has 166 valence electrons. The Morgan fingerprint density at radius 1 is 1.10 bits per heavy atom. The molecule has 7 heteroatoms. The van der Waals surface area contributed by atoms with E-state index >= 15 is 0 Å². The van der Waals surface area contributed by atoms with E-state index in [-0.39, 0.29) is 5.91 Å². The summed E-state index contributed by atoms with van der Waals surface area (Å²) in [6, 6.07) is 3.91. The number of rotatable bonds is 7. The molecule has 0 spiro atoms. The van der Waals surface area contributed by atoms with Crippen LogP contribution in [0.2, 0.25) is 0 Å². The quantitative estimate of drug-likeness (QED) is 0.421. The number of carbonyl (C=O) groups excluding carboxylic acids is 1. The summed E-state index contributed by atoms with van der Waals surface area (Å²) in [5.41, 5.74) is 1.04. The second-order valence-electron chi connectivity index (χ2n) is 8.41. The summed E-state index contributed by atoms with van der Waals surface area (Å²) in [7, 11) is 0. The zero-order chi connectivity index (χ0) is 21.2. The predicted octanol–water partition coefficient (Wildman–Crippen LogP) is 2.36. The van der Waals surface area contributed by atoms with Crippen molar-refractivity contribution in [1.82, 2.24) is 20.0 Å². The molecule has 2 fully saturated rings. The van der Waals surface area contributed by atoms with Gasteiger partial charge in [-0.3, -0.25) is 9.69 Å². The maximum absolute atomic E-state index is 12.7. The van der Waals surface area contributed by atoms with Gasteiger partial charge in [0.05, 0.1) is 19.4 Å². The van der Waals surface area contributed by atoms with Gasteiger partial charge >= 0.3 is 0 Å². The molecule has 1 amide bonds. The third-order valence-corrected chi connectivity index (χ3v) is 5.72. The van der Waals surface area contributed by atoms with E-state index < -0.39 is 0 Å². The van der Waals surface area contributed by atoms with Gasteiger partial charge in [-0.1, -0.05) is 25.0 Å². The van der Waals surface area contributed by atoms with Gasteiger partial charge in [-0.2, -0.15) is 0 Å². The highest BCUT2D eigenvalue weighted by atomic mass is 16.3. The van der Waals surface area contributed by atoms with Crippen molar-refractivity contribution >= 4 is 11.9 Å². The summed E-state index contributed by atoms with van der Waals surface area (Å²) in [5.74, 6) is 2.18. The maximum Gasteiger partial charge on any atom is 0.236 e. The molecule has 3 heterocycles. The van der Waals surface area contributed by atoms with Gasteiger partial charge in [0.25, 0.3) is 0 Å². The van der Waals surface area contributed by atoms with Crippen LogP contribution in [0.1, 0.15) is 38.4 Å². The van der Waals surface area contributed by atoms with E-state index in [1.807, 2.05) is 19.1 Å². The zero-order valence-corrected chi connectivity index (χ0v) is 18.4. The molecule has 2 aliphatic heterocycles. The average Bonchev–Trinajstić information content (AvgIpc) is 3.10. The summed E-state index contributed by atoms with van der Waals surface area (Å²) in [6.45, 7) is 13.3. The van der Waals surface area contributed by atoms with Crippen LogP contribution in [-0.2, 0) is 11.2 Å². The van der Waals surface area contributed by atoms with Gasteiger partial charge < -0.3 is 19.5 Å². The molecule has 0 radical (unpaired) electrons. The number of hydrogen-bond donors (Lipinski definition) is 1. The standard InChI is InChI=1S/C23H37N5O2/c1-20(2)18-25-23(24-10-9-21-8-7-17-30-21)28-15-13-26(14-16-28)19-22(29)27-11-5-3-4-6-12-27/h7-8,17H,1,3-6,9-16,18-19H2,2H3,(H,24,25). The van der Waals surface area contributed by atoms with E-state index in [1.54, 1.807) is 6.26 Å². The van der Waals surface area contributed by atoms with Crippen LogP contribution in [0.15, 0.2) is 40.0 Å². The first kappa shape index (κ1) is 22.4. The first-order chi connectivity index (χ1) is 14.6. The number of carbonyl (C=O) groups is 1. The molecule has 1 aromatic rings. The van der Waals surface area contributed by atoms with Gasteiger partial charge in [-0.05, 0) is 31.9 Å². The van der Waals surface area contributed by atoms with Gasteiger partial charge in [0.1, 0.15) is 5.76 Å². The lowest BCUT2D eigenvalue weighted by molar-refractivity contribution is -0.132. The molecule has 2 saturated heterocycles. The first-order valence-corrected chi connectivity index (χ1v) is 11.3. The first-order valence-electron chi connectivity index (χ1n) is 11.3. The minimum Gasteiger partial charge on any atom is -0.469 e. The summed E-state index contributed by atoms with van der Waals surface area (Å²) in [4.78, 5) is 24.1. The summed E-state index contributed by atoms with van der Waals surface area (Å²) < 4.78 is 5.42. The third kappa shape index (κ3) is 7.20. The lowest BCUT2D eigenvalue weighted by atomic mass is 10.2. The number of nitrogens with zero attached hydrogens (tertiary/aromatic N) is 4. The largest absolute Gasteiger partial charge is 0.469 e. The van der Waals surface area contributed by atoms with Gasteiger partial charge in [0.15, 0.2) is 5.96 Å². The molecule has 0 aromatic carbocycles. The monoisotopic (exact) mass is 415 g/mol. The topological polar surface area (TPSA) is 64.3 Å². The van der Waals surface area contributed by atoms with Crippen molar-refractivity contribution in [3.05, 3.63) is 36.3 Å². The molecule has 0 bridgehead atoms. The van der Waals surface area contributed by atoms with E-state index in [4.69, 9.17) is 9.41 Å². The van der Waals surface area contributed by atoms with Crippen molar-refractivity contribution in [2.45, 2.75) is 39.0 Å². The molecular formula is C23H37N5O2. The summed E-state index contributed by atoms with van der Waals surface area (Å²) >= 11 is 0. The molecule has 0 aliphatic carbocycles. The maximum atomic E-state index is 12.7. The number of piperazine rings is 1. The number of likely N-dealkylation sites (tertiary alicyclic amines) is 1. The van der Waals surface area contributed by atoms with Crippen LogP contribution < -0.4 is 5.32 Å². The second kappa shape index (κ2) is 11.8. The second-order valence-corrected chi connectivity index (χ2v) is 8.41. The fourth-order valence-corrected chi connectivity index (χ4v) is 3.96. The average molecular weight is 416 g/mol. The highest BCUT2D eigenvalue weighted by molar-refractivity contribution is 5.80. The Kier molecular flexibility index (Phi) is 8.81. The number of hydrogen-bond acceptors (Lipinski definition) is 4. The molecule has 0 unspecified atom stereocenters. The van der Waals surface area contributed by atoms with Gasteiger partial charge in [-0.15, -0.1) is 0 Å². The van der Waals surface area contributed by atoms with Crippen molar-refractivity contribution in [3.63, 3.8) is 0 Å². The fraction of sp³-hybridized carbons (Fsp3) is 0.652. The van der Waals surface area contributed by atoms with E-state index in [0.29, 0.717) is 13.1 Å². The molecular weight excluding hydrogens is 378 g/mol. The Labute approximate surface area is 180 Å². The highest BCUT2D eigenvalue weighted by Gasteiger charge is 2.23. The fourth-order valence-electron chi connectivity index (χ4n) is 3.96. The minimum atomic E-state index is 0.290. The zero-order valence-electron chi connectivity index (χ0n) is 18.4. The number of amides is 1. The Hall–Kier alpha value is -2.28. The van der Waals surface area contributed by atoms with Crippen molar-refractivity contribution in [2.24, 2.45) is 4.99 Å². The summed E-state index contributed by atoms with van der Waals surface area (Å²) in [6.07, 6.45) is 7.32.